The summed E-state index contributed by atoms with van der Waals surface area (Å²) in [6.07, 6.45) is 0. The summed E-state index contributed by atoms with van der Waals surface area (Å²) in [7, 11) is 0. The number of aryl methyl sites for hydroxylation is 2. The number of aromatic nitrogens is 1. The highest BCUT2D eigenvalue weighted by Crippen LogP contribution is 2.20. The Morgan fingerprint density at radius 1 is 1.18 bits per heavy atom. The Kier molecular flexibility index (Phi) is 3.66. The minimum absolute atomic E-state index is 0.0672. The molecule has 0 N–H and O–H groups in total. The minimum Gasteiger partial charge on any atom is -0.361 e. The predicted octanol–water partition coefficient (Wildman–Crippen LogP) is 1.78. The molecule has 3 rings (SSSR count). The van der Waals surface area contributed by atoms with Crippen molar-refractivity contribution >= 4 is 17.5 Å². The first-order chi connectivity index (χ1) is 10.6. The lowest BCUT2D eigenvalue weighted by molar-refractivity contribution is -0.120. The fraction of sp³-hybridized carbons (Fsp3) is 0.312. The van der Waals surface area contributed by atoms with Crippen LogP contribution in [-0.2, 0) is 4.79 Å². The number of amides is 2. The fourth-order valence-corrected chi connectivity index (χ4v) is 2.67. The number of anilines is 1. The van der Waals surface area contributed by atoms with Crippen molar-refractivity contribution in [3.8, 4) is 0 Å². The maximum atomic E-state index is 12.5. The van der Waals surface area contributed by atoms with E-state index in [9.17, 15) is 9.59 Å². The third-order valence-electron chi connectivity index (χ3n) is 3.82. The summed E-state index contributed by atoms with van der Waals surface area (Å²) in [5.74, 6) is 0.204. The summed E-state index contributed by atoms with van der Waals surface area (Å²) in [6.45, 7) is 4.47. The molecule has 1 aliphatic heterocycles. The SMILES string of the molecule is Cc1noc(C)c1C(=O)N1CCN(c2ccccc2)C(=O)C1. The van der Waals surface area contributed by atoms with Crippen LogP contribution in [0.1, 0.15) is 21.8 Å². The lowest BCUT2D eigenvalue weighted by Crippen LogP contribution is -2.52. The fourth-order valence-electron chi connectivity index (χ4n) is 2.67. The zero-order valence-corrected chi connectivity index (χ0v) is 12.6. The molecule has 6 nitrogen and oxygen atoms in total. The third-order valence-corrected chi connectivity index (χ3v) is 3.82. The van der Waals surface area contributed by atoms with Crippen LogP contribution in [0.3, 0.4) is 0 Å². The quantitative estimate of drug-likeness (QED) is 0.848. The molecule has 1 aliphatic rings. The maximum absolute atomic E-state index is 12.5. The van der Waals surface area contributed by atoms with Crippen LogP contribution >= 0.6 is 0 Å². The van der Waals surface area contributed by atoms with E-state index >= 15 is 0 Å². The van der Waals surface area contributed by atoms with Gasteiger partial charge in [0.2, 0.25) is 5.91 Å². The first-order valence-electron chi connectivity index (χ1n) is 7.15. The molecule has 0 saturated carbocycles. The molecule has 22 heavy (non-hydrogen) atoms. The molecule has 0 unspecified atom stereocenters. The molecule has 0 spiro atoms. The molecule has 0 radical (unpaired) electrons. The Bertz CT molecular complexity index is 689. The average molecular weight is 299 g/mol. The zero-order chi connectivity index (χ0) is 15.7. The predicted molar refractivity (Wildman–Crippen MR) is 80.7 cm³/mol. The average Bonchev–Trinajstić information content (AvgIpc) is 2.86. The molecule has 1 aromatic heterocycles. The second kappa shape index (κ2) is 5.63. The van der Waals surface area contributed by atoms with E-state index in [1.165, 1.54) is 0 Å². The number of benzene rings is 1. The van der Waals surface area contributed by atoms with Crippen LogP contribution in [0.5, 0.6) is 0 Å². The minimum atomic E-state index is -0.197. The van der Waals surface area contributed by atoms with E-state index in [-0.39, 0.29) is 18.4 Å². The van der Waals surface area contributed by atoms with E-state index in [1.54, 1.807) is 23.6 Å². The normalized spacial score (nSPS) is 15.3. The van der Waals surface area contributed by atoms with Crippen LogP contribution in [0.25, 0.3) is 0 Å². The molecule has 2 amide bonds. The number of para-hydroxylation sites is 1. The van der Waals surface area contributed by atoms with Gasteiger partial charge in [0.25, 0.3) is 5.91 Å². The summed E-state index contributed by atoms with van der Waals surface area (Å²) in [4.78, 5) is 28.1. The van der Waals surface area contributed by atoms with Gasteiger partial charge < -0.3 is 14.3 Å². The first-order valence-corrected chi connectivity index (χ1v) is 7.15. The monoisotopic (exact) mass is 299 g/mol. The van der Waals surface area contributed by atoms with E-state index in [4.69, 9.17) is 4.52 Å². The standard InChI is InChI=1S/C16H17N3O3/c1-11-15(12(2)22-17-11)16(21)18-8-9-19(14(20)10-18)13-6-4-3-5-7-13/h3-7H,8-10H2,1-2H3. The highest BCUT2D eigenvalue weighted by atomic mass is 16.5. The van der Waals surface area contributed by atoms with Crippen molar-refractivity contribution < 1.29 is 14.1 Å². The topological polar surface area (TPSA) is 66.7 Å². The highest BCUT2D eigenvalue weighted by molar-refractivity contribution is 6.02. The third kappa shape index (κ3) is 2.47. The summed E-state index contributed by atoms with van der Waals surface area (Å²) < 4.78 is 5.03. The maximum Gasteiger partial charge on any atom is 0.259 e. The first kappa shape index (κ1) is 14.3. The van der Waals surface area contributed by atoms with Crippen molar-refractivity contribution in [2.75, 3.05) is 24.5 Å². The van der Waals surface area contributed by atoms with Gasteiger partial charge in [0.1, 0.15) is 17.9 Å². The summed E-state index contributed by atoms with van der Waals surface area (Å²) in [5.41, 5.74) is 1.87. The Morgan fingerprint density at radius 2 is 1.91 bits per heavy atom. The van der Waals surface area contributed by atoms with Gasteiger partial charge in [-0.05, 0) is 26.0 Å². The van der Waals surface area contributed by atoms with E-state index < -0.39 is 0 Å². The largest absolute Gasteiger partial charge is 0.361 e. The second-order valence-corrected chi connectivity index (χ2v) is 5.31. The van der Waals surface area contributed by atoms with Crippen molar-refractivity contribution in [3.05, 3.63) is 47.3 Å². The molecule has 1 aromatic carbocycles. The van der Waals surface area contributed by atoms with Crippen LogP contribution < -0.4 is 4.90 Å². The molecule has 1 saturated heterocycles. The second-order valence-electron chi connectivity index (χ2n) is 5.31. The van der Waals surface area contributed by atoms with Crippen molar-refractivity contribution in [1.29, 1.82) is 0 Å². The van der Waals surface area contributed by atoms with Gasteiger partial charge in [-0.25, -0.2) is 0 Å². The molecule has 6 heteroatoms. The molecule has 114 valence electrons. The smallest absolute Gasteiger partial charge is 0.259 e. The molecular weight excluding hydrogens is 282 g/mol. The van der Waals surface area contributed by atoms with Gasteiger partial charge in [-0.3, -0.25) is 9.59 Å². The van der Waals surface area contributed by atoms with Gasteiger partial charge in [-0.2, -0.15) is 0 Å². The molecule has 2 heterocycles. The van der Waals surface area contributed by atoms with E-state index in [0.29, 0.717) is 30.1 Å². The summed E-state index contributed by atoms with van der Waals surface area (Å²) in [5, 5.41) is 3.80. The highest BCUT2D eigenvalue weighted by Gasteiger charge is 2.31. The Labute approximate surface area is 128 Å². The molecule has 0 aliphatic carbocycles. The molecular formula is C16H17N3O3. The number of carbonyl (C=O) groups excluding carboxylic acids is 2. The van der Waals surface area contributed by atoms with Gasteiger partial charge in [-0.15, -0.1) is 0 Å². The molecule has 0 bridgehead atoms. The van der Waals surface area contributed by atoms with Gasteiger partial charge in [0, 0.05) is 18.8 Å². The van der Waals surface area contributed by atoms with Crippen molar-refractivity contribution in [3.63, 3.8) is 0 Å². The van der Waals surface area contributed by atoms with Gasteiger partial charge in [0.15, 0.2) is 0 Å². The molecule has 1 fully saturated rings. The van der Waals surface area contributed by atoms with E-state index in [2.05, 4.69) is 5.16 Å². The lowest BCUT2D eigenvalue weighted by atomic mass is 10.1. The Balaban J connectivity index is 1.76. The number of rotatable bonds is 2. The van der Waals surface area contributed by atoms with Gasteiger partial charge in [0.05, 0.1) is 5.69 Å². The van der Waals surface area contributed by atoms with E-state index in [0.717, 1.165) is 5.69 Å². The van der Waals surface area contributed by atoms with Crippen LogP contribution in [0.4, 0.5) is 5.69 Å². The van der Waals surface area contributed by atoms with Gasteiger partial charge >= 0.3 is 0 Å². The number of piperazine rings is 1. The van der Waals surface area contributed by atoms with Crippen molar-refractivity contribution in [1.82, 2.24) is 10.1 Å². The van der Waals surface area contributed by atoms with Crippen molar-refractivity contribution in [2.45, 2.75) is 13.8 Å². The number of nitrogens with zero attached hydrogens (tertiary/aromatic N) is 3. The van der Waals surface area contributed by atoms with Crippen LogP contribution in [0, 0.1) is 13.8 Å². The number of carbonyl (C=O) groups is 2. The summed E-state index contributed by atoms with van der Waals surface area (Å²) in [6, 6.07) is 9.48. The van der Waals surface area contributed by atoms with E-state index in [1.807, 2.05) is 30.3 Å². The van der Waals surface area contributed by atoms with Crippen LogP contribution in [-0.4, -0.2) is 41.5 Å². The molecule has 0 atom stereocenters. The summed E-state index contributed by atoms with van der Waals surface area (Å²) >= 11 is 0. The zero-order valence-electron chi connectivity index (χ0n) is 12.6. The number of hydrogen-bond donors (Lipinski definition) is 0. The van der Waals surface area contributed by atoms with Crippen molar-refractivity contribution in [2.24, 2.45) is 0 Å². The van der Waals surface area contributed by atoms with Crippen LogP contribution in [0.15, 0.2) is 34.9 Å². The Hall–Kier alpha value is -2.63. The molecule has 2 aromatic rings. The number of hydrogen-bond acceptors (Lipinski definition) is 4. The lowest BCUT2D eigenvalue weighted by Gasteiger charge is -2.34. The Morgan fingerprint density at radius 3 is 2.50 bits per heavy atom. The van der Waals surface area contributed by atoms with Crippen LogP contribution in [0.2, 0.25) is 0 Å². The van der Waals surface area contributed by atoms with Gasteiger partial charge in [-0.1, -0.05) is 23.4 Å².